The van der Waals surface area contributed by atoms with E-state index in [4.69, 9.17) is 15.2 Å². The zero-order valence-corrected chi connectivity index (χ0v) is 31.9. The molecule has 0 aromatic heterocycles. The Morgan fingerprint density at radius 3 is 1.44 bits per heavy atom. The lowest BCUT2D eigenvalue weighted by atomic mass is 10.1. The van der Waals surface area contributed by atoms with E-state index >= 15 is 0 Å². The molecule has 4 aromatic rings. The highest BCUT2D eigenvalue weighted by Gasteiger charge is 2.11. The number of amides is 2. The van der Waals surface area contributed by atoms with Crippen LogP contribution in [0.4, 0.5) is 0 Å². The Morgan fingerprint density at radius 2 is 1.08 bits per heavy atom. The fourth-order valence-electron chi connectivity index (χ4n) is 4.91. The van der Waals surface area contributed by atoms with Gasteiger partial charge < -0.3 is 25.0 Å². The van der Waals surface area contributed by atoms with Gasteiger partial charge in [0, 0.05) is 53.9 Å². The lowest BCUT2D eigenvalue weighted by Gasteiger charge is -2.16. The Hall–Kier alpha value is -4.00. The summed E-state index contributed by atoms with van der Waals surface area (Å²) in [7, 11) is 9.80. The number of nitrogens with one attached hydrogen (secondary N) is 2. The first kappa shape index (κ1) is 40.4. The van der Waals surface area contributed by atoms with Crippen LogP contribution in [-0.4, -0.2) is 69.4 Å². The first-order chi connectivity index (χ1) is 24.0. The van der Waals surface area contributed by atoms with Crippen molar-refractivity contribution in [2.75, 3.05) is 47.7 Å². The molecule has 11 heteroatoms. The molecule has 9 nitrogen and oxygen atoms in total. The van der Waals surface area contributed by atoms with Crippen LogP contribution in [0, 0.1) is 0 Å². The van der Waals surface area contributed by atoms with Crippen molar-refractivity contribution >= 4 is 35.3 Å². The largest absolute Gasteiger partial charge is 0.457 e. The van der Waals surface area contributed by atoms with Crippen molar-refractivity contribution in [1.82, 2.24) is 20.7 Å². The Bertz CT molecular complexity index is 1650. The van der Waals surface area contributed by atoms with Gasteiger partial charge in [-0.05, 0) is 125 Å². The Morgan fingerprint density at radius 1 is 0.660 bits per heavy atom. The molecular weight excluding hydrogens is 667 g/mol. The highest BCUT2D eigenvalue weighted by atomic mass is 32.2. The quantitative estimate of drug-likeness (QED) is 0.0777. The molecule has 0 aliphatic heterocycles. The summed E-state index contributed by atoms with van der Waals surface area (Å²) in [4.78, 5) is 29.3. The number of carbonyl (C=O) groups is 2. The molecule has 268 valence electrons. The summed E-state index contributed by atoms with van der Waals surface area (Å²) >= 11 is 3.41. The third-order valence-electron chi connectivity index (χ3n) is 7.38. The van der Waals surface area contributed by atoms with Gasteiger partial charge in [-0.25, -0.2) is 5.43 Å². The normalized spacial score (nSPS) is 10.8. The molecule has 50 heavy (non-hydrogen) atoms. The number of ether oxygens (including phenoxy) is 2. The Balaban J connectivity index is 0.000000271. The molecule has 4 rings (SSSR count). The smallest absolute Gasteiger partial charge is 0.234 e. The van der Waals surface area contributed by atoms with Crippen molar-refractivity contribution in [2.45, 2.75) is 48.6 Å². The van der Waals surface area contributed by atoms with Gasteiger partial charge in [-0.2, -0.15) is 0 Å². The van der Waals surface area contributed by atoms with E-state index in [2.05, 4.69) is 57.2 Å². The molecule has 0 saturated heterocycles. The first-order valence-corrected chi connectivity index (χ1v) is 18.8. The van der Waals surface area contributed by atoms with E-state index < -0.39 is 0 Å². The molecule has 0 fully saturated rings. The molecule has 0 aliphatic carbocycles. The van der Waals surface area contributed by atoms with E-state index in [1.54, 1.807) is 30.6 Å². The Kier molecular flexibility index (Phi) is 17.2. The van der Waals surface area contributed by atoms with E-state index in [9.17, 15) is 9.59 Å². The van der Waals surface area contributed by atoms with Gasteiger partial charge in [0.2, 0.25) is 11.8 Å². The van der Waals surface area contributed by atoms with Gasteiger partial charge in [0.25, 0.3) is 0 Å². The standard InChI is InChI=1S/C20H27N3O2S.C19H24N2O2S/c1-21-22-20(24)12-6-15-5-7-16(14-23(2)3)19(13-15)25-17-8-10-18(26-4)11-9-17;1-21(2)13-15-6-4-14(5-11-19(20)22)12-18(15)23-16-7-9-17(24-3)10-8-16/h5,7-11,13,21H,6,12,14H2,1-4H3,(H,22,24);4,6-10,12H,5,11,13H2,1-3H3,(H2,20,22). The Labute approximate surface area is 306 Å². The van der Waals surface area contributed by atoms with Gasteiger partial charge in [-0.15, -0.1) is 23.5 Å². The van der Waals surface area contributed by atoms with Gasteiger partial charge in [-0.3, -0.25) is 15.0 Å². The van der Waals surface area contributed by atoms with Crippen LogP contribution in [0.15, 0.2) is 94.7 Å². The maximum absolute atomic E-state index is 11.7. The molecule has 0 spiro atoms. The lowest BCUT2D eigenvalue weighted by molar-refractivity contribution is -0.122. The van der Waals surface area contributed by atoms with Crippen LogP contribution in [-0.2, 0) is 35.5 Å². The number of thioether (sulfide) groups is 2. The predicted molar refractivity (Wildman–Crippen MR) is 207 cm³/mol. The average molecular weight is 718 g/mol. The minimum Gasteiger partial charge on any atom is -0.457 e. The van der Waals surface area contributed by atoms with Crippen LogP contribution in [0.3, 0.4) is 0 Å². The van der Waals surface area contributed by atoms with Crippen LogP contribution < -0.4 is 26.1 Å². The molecule has 0 aliphatic rings. The number of benzene rings is 4. The van der Waals surface area contributed by atoms with Crippen molar-refractivity contribution in [3.05, 3.63) is 107 Å². The van der Waals surface area contributed by atoms with Crippen molar-refractivity contribution in [1.29, 1.82) is 0 Å². The second kappa shape index (κ2) is 21.3. The number of aryl methyl sites for hydroxylation is 2. The highest BCUT2D eigenvalue weighted by Crippen LogP contribution is 2.31. The zero-order valence-electron chi connectivity index (χ0n) is 30.2. The third-order valence-corrected chi connectivity index (χ3v) is 8.86. The SMILES string of the molecule is CNNC(=O)CCc1ccc(CN(C)C)c(Oc2ccc(SC)cc2)c1.CSc1ccc(Oc2cc(CCC(N)=O)ccc2CN(C)C)cc1. The van der Waals surface area contributed by atoms with Crippen molar-refractivity contribution in [2.24, 2.45) is 5.73 Å². The van der Waals surface area contributed by atoms with Gasteiger partial charge in [-0.1, -0.05) is 24.3 Å². The van der Waals surface area contributed by atoms with Crippen LogP contribution in [0.25, 0.3) is 0 Å². The molecule has 0 radical (unpaired) electrons. The maximum atomic E-state index is 11.7. The monoisotopic (exact) mass is 717 g/mol. The van der Waals surface area contributed by atoms with Crippen LogP contribution in [0.5, 0.6) is 23.0 Å². The summed E-state index contributed by atoms with van der Waals surface area (Å²) in [5, 5.41) is 0. The molecule has 0 saturated carbocycles. The number of primary amides is 1. The summed E-state index contributed by atoms with van der Waals surface area (Å²) in [6, 6.07) is 28.4. The molecule has 0 bridgehead atoms. The van der Waals surface area contributed by atoms with E-state index in [-0.39, 0.29) is 11.8 Å². The number of nitrogens with zero attached hydrogens (tertiary/aromatic N) is 2. The number of hydrogen-bond acceptors (Lipinski definition) is 9. The minimum atomic E-state index is -0.289. The highest BCUT2D eigenvalue weighted by molar-refractivity contribution is 7.98. The second-order valence-corrected chi connectivity index (χ2v) is 13.9. The summed E-state index contributed by atoms with van der Waals surface area (Å²) in [6.07, 6.45) is 6.16. The van der Waals surface area contributed by atoms with Crippen LogP contribution in [0.1, 0.15) is 35.1 Å². The van der Waals surface area contributed by atoms with E-state index in [1.807, 2.05) is 89.0 Å². The molecule has 0 unspecified atom stereocenters. The molecular formula is C39H51N5O4S2. The van der Waals surface area contributed by atoms with Gasteiger partial charge in [0.05, 0.1) is 0 Å². The van der Waals surface area contributed by atoms with Crippen molar-refractivity contribution in [3.8, 4) is 23.0 Å². The molecule has 4 aromatic carbocycles. The van der Waals surface area contributed by atoms with Crippen molar-refractivity contribution < 1.29 is 19.1 Å². The molecule has 2 amide bonds. The third kappa shape index (κ3) is 14.5. The second-order valence-electron chi connectivity index (χ2n) is 12.2. The van der Waals surface area contributed by atoms with Crippen molar-refractivity contribution in [3.63, 3.8) is 0 Å². The lowest BCUT2D eigenvalue weighted by Crippen LogP contribution is -2.34. The summed E-state index contributed by atoms with van der Waals surface area (Å²) < 4.78 is 12.3. The molecule has 4 N–H and O–H groups in total. The summed E-state index contributed by atoms with van der Waals surface area (Å²) in [6.45, 7) is 1.58. The van der Waals surface area contributed by atoms with Gasteiger partial charge in [0.15, 0.2) is 0 Å². The van der Waals surface area contributed by atoms with E-state index in [1.165, 1.54) is 9.79 Å². The molecule has 0 atom stereocenters. The number of hydrogen-bond donors (Lipinski definition) is 3. The topological polar surface area (TPSA) is 109 Å². The number of carbonyl (C=O) groups excluding carboxylic acids is 2. The minimum absolute atomic E-state index is 0.0278. The number of hydrazine groups is 1. The fraction of sp³-hybridized carbons (Fsp3) is 0.333. The molecule has 0 heterocycles. The number of nitrogens with two attached hydrogens (primary N) is 1. The van der Waals surface area contributed by atoms with Gasteiger partial charge >= 0.3 is 0 Å². The van der Waals surface area contributed by atoms with Crippen LogP contribution in [0.2, 0.25) is 0 Å². The average Bonchev–Trinajstić information content (AvgIpc) is 3.09. The van der Waals surface area contributed by atoms with E-state index in [0.29, 0.717) is 25.7 Å². The van der Waals surface area contributed by atoms with E-state index in [0.717, 1.165) is 58.3 Å². The van der Waals surface area contributed by atoms with Gasteiger partial charge in [0.1, 0.15) is 23.0 Å². The van der Waals surface area contributed by atoms with Crippen LogP contribution >= 0.6 is 23.5 Å². The summed E-state index contributed by atoms with van der Waals surface area (Å²) in [5.74, 6) is 2.96. The number of rotatable bonds is 17. The fourth-order valence-corrected chi connectivity index (χ4v) is 5.73. The summed E-state index contributed by atoms with van der Waals surface area (Å²) in [5.41, 5.74) is 14.8. The maximum Gasteiger partial charge on any atom is 0.234 e. The first-order valence-electron chi connectivity index (χ1n) is 16.4. The zero-order chi connectivity index (χ0) is 36.5. The predicted octanol–water partition coefficient (Wildman–Crippen LogP) is 7.13.